The first-order chi connectivity index (χ1) is 33.6. The third-order valence-electron chi connectivity index (χ3n) is 12.5. The quantitative estimate of drug-likeness (QED) is 0.0396. The normalized spacial score (nSPS) is 24.6. The lowest BCUT2D eigenvalue weighted by Gasteiger charge is -2.43. The van der Waals surface area contributed by atoms with Crippen molar-refractivity contribution >= 4 is 59.2 Å². The van der Waals surface area contributed by atoms with Crippen LogP contribution in [-0.4, -0.2) is 153 Å². The third-order valence-corrected chi connectivity index (χ3v) is 12.5. The topological polar surface area (TPSA) is 355 Å². The standard InChI is InChI=1S/C48H68N10O13/c1-6-12-36(60)52-33(25-38(62)63)42(65)56-40-27(4)71-47(70)39(26(3)7-2)55-43(66)34(23-29-16-18-30(59)19-17-29)57(5)46(69)35(24-28-13-9-8-10-14-28)58-37(61)21-20-32(45(58)68)54-41(64)31(53-44(40)67)15-11-22-51-48(49)50/h8-10,13-14,16-19,26-27,31-35,37,39-40,59,61H,6-7,11-12,15,20-25H2,1-5H3,(H,52,60)(H,53,67)(H,54,64)(H,55,66)(H,56,65)(H,62,63)(H4,49,50,51)/t26-,27+,31-,32-,33-,34-,35-,37+,39-,40?/m0/s1. The molecular formula is C48H68N10O13. The zero-order valence-corrected chi connectivity index (χ0v) is 40.7. The van der Waals surface area contributed by atoms with E-state index in [4.69, 9.17) is 16.2 Å². The number of ether oxygens (including phenoxy) is 1. The number of amides is 7. The van der Waals surface area contributed by atoms with Gasteiger partial charge in [-0.1, -0.05) is 69.7 Å². The predicted octanol–water partition coefficient (Wildman–Crippen LogP) is -0.942. The summed E-state index contributed by atoms with van der Waals surface area (Å²) in [5.74, 6) is -9.87. The van der Waals surface area contributed by atoms with Crippen molar-refractivity contribution in [1.29, 1.82) is 0 Å². The molecule has 0 saturated carbocycles. The molecule has 23 heteroatoms. The van der Waals surface area contributed by atoms with Crippen LogP contribution in [0.3, 0.4) is 0 Å². The number of carboxylic acid groups (broad SMARTS) is 1. The van der Waals surface area contributed by atoms with Gasteiger partial charge in [0.25, 0.3) is 0 Å². The molecular weight excluding hydrogens is 925 g/mol. The summed E-state index contributed by atoms with van der Waals surface area (Å²) in [5.41, 5.74) is 12.1. The van der Waals surface area contributed by atoms with Crippen LogP contribution in [0.15, 0.2) is 59.6 Å². The second-order valence-electron chi connectivity index (χ2n) is 17.9. The molecule has 7 amide bonds. The van der Waals surface area contributed by atoms with Crippen LogP contribution in [0.25, 0.3) is 0 Å². The van der Waals surface area contributed by atoms with Crippen molar-refractivity contribution < 1.29 is 63.2 Å². The molecule has 0 aliphatic carbocycles. The molecule has 2 saturated heterocycles. The molecule has 1 unspecified atom stereocenters. The molecule has 10 atom stereocenters. The van der Waals surface area contributed by atoms with E-state index < -0.39 is 120 Å². The number of aliphatic hydroxyl groups is 1. The van der Waals surface area contributed by atoms with Gasteiger partial charge in [0, 0.05) is 32.9 Å². The van der Waals surface area contributed by atoms with Gasteiger partial charge in [0.05, 0.1) is 6.42 Å². The number of guanidine groups is 1. The Labute approximate surface area is 411 Å². The number of benzene rings is 2. The molecule has 2 aromatic rings. The van der Waals surface area contributed by atoms with Crippen molar-refractivity contribution in [2.75, 3.05) is 13.6 Å². The highest BCUT2D eigenvalue weighted by Crippen LogP contribution is 2.26. The van der Waals surface area contributed by atoms with Gasteiger partial charge >= 0.3 is 11.9 Å². The summed E-state index contributed by atoms with van der Waals surface area (Å²) in [6.07, 6.45) is -4.13. The number of esters is 1. The molecule has 4 rings (SSSR count). The first-order valence-corrected chi connectivity index (χ1v) is 23.7. The van der Waals surface area contributed by atoms with Gasteiger partial charge in [-0.2, -0.15) is 0 Å². The molecule has 2 bridgehead atoms. The van der Waals surface area contributed by atoms with Crippen molar-refractivity contribution in [2.45, 2.75) is 147 Å². The molecule has 12 N–H and O–H groups in total. The first-order valence-electron chi connectivity index (χ1n) is 23.7. The summed E-state index contributed by atoms with van der Waals surface area (Å²) in [6, 6.07) is 3.65. The average molecular weight is 993 g/mol. The largest absolute Gasteiger partial charge is 0.508 e. The molecule has 23 nitrogen and oxygen atoms in total. The van der Waals surface area contributed by atoms with Gasteiger partial charge in [-0.3, -0.25) is 43.3 Å². The molecule has 2 heterocycles. The number of rotatable bonds is 17. The second kappa shape index (κ2) is 26.6. The van der Waals surface area contributed by atoms with Gasteiger partial charge < -0.3 is 67.9 Å². The van der Waals surface area contributed by atoms with Crippen molar-refractivity contribution in [2.24, 2.45) is 22.4 Å². The molecule has 0 spiro atoms. The second-order valence-corrected chi connectivity index (χ2v) is 17.9. The Balaban J connectivity index is 1.91. The number of aliphatic imine (C=N–C) groups is 1. The number of nitrogens with zero attached hydrogens (tertiary/aromatic N) is 3. The highest BCUT2D eigenvalue weighted by Gasteiger charge is 2.46. The summed E-state index contributed by atoms with van der Waals surface area (Å²) in [4.78, 5) is 132. The Morgan fingerprint density at radius 1 is 0.873 bits per heavy atom. The average Bonchev–Trinajstić information content (AvgIpc) is 3.32. The maximum Gasteiger partial charge on any atom is 0.329 e. The van der Waals surface area contributed by atoms with E-state index in [0.29, 0.717) is 17.5 Å². The van der Waals surface area contributed by atoms with Crippen molar-refractivity contribution in [1.82, 2.24) is 36.4 Å². The monoisotopic (exact) mass is 992 g/mol. The van der Waals surface area contributed by atoms with E-state index >= 15 is 4.79 Å². The number of phenols is 1. The fourth-order valence-corrected chi connectivity index (χ4v) is 8.27. The van der Waals surface area contributed by atoms with Gasteiger partial charge in [0.15, 0.2) is 5.96 Å². The van der Waals surface area contributed by atoms with Crippen molar-refractivity contribution in [3.63, 3.8) is 0 Å². The summed E-state index contributed by atoms with van der Waals surface area (Å²) in [7, 11) is 1.34. The first kappa shape index (κ1) is 56.3. The van der Waals surface area contributed by atoms with Gasteiger partial charge in [-0.05, 0) is 68.2 Å². The van der Waals surface area contributed by atoms with E-state index in [9.17, 15) is 53.7 Å². The van der Waals surface area contributed by atoms with E-state index in [1.807, 2.05) is 0 Å². The number of likely N-dealkylation sites (N-methyl/N-ethyl adjacent to an activating group) is 1. The van der Waals surface area contributed by atoms with Crippen LogP contribution in [0.2, 0.25) is 0 Å². The number of aromatic hydroxyl groups is 1. The molecule has 71 heavy (non-hydrogen) atoms. The number of carbonyl (C=O) groups excluding carboxylic acids is 8. The minimum Gasteiger partial charge on any atom is -0.508 e. The third kappa shape index (κ3) is 16.1. The molecule has 2 aliphatic rings. The van der Waals surface area contributed by atoms with Gasteiger partial charge in [0.1, 0.15) is 60.4 Å². The lowest BCUT2D eigenvalue weighted by atomic mass is 9.95. The Morgan fingerprint density at radius 2 is 1.52 bits per heavy atom. The molecule has 2 aromatic carbocycles. The fourth-order valence-electron chi connectivity index (χ4n) is 8.27. The zero-order chi connectivity index (χ0) is 52.5. The summed E-state index contributed by atoms with van der Waals surface area (Å²) < 4.78 is 5.87. The number of cyclic esters (lactones) is 1. The van der Waals surface area contributed by atoms with E-state index in [1.165, 1.54) is 38.2 Å². The Bertz CT molecular complexity index is 2240. The number of nitrogens with one attached hydrogen (secondary N) is 5. The van der Waals surface area contributed by atoms with Gasteiger partial charge in [-0.15, -0.1) is 0 Å². The molecule has 388 valence electrons. The molecule has 2 fully saturated rings. The molecule has 0 radical (unpaired) electrons. The maximum absolute atomic E-state index is 15.1. The number of hydrogen-bond acceptors (Lipinski definition) is 13. The Hall–Kier alpha value is -7.30. The van der Waals surface area contributed by atoms with Crippen LogP contribution in [0.1, 0.15) is 90.2 Å². The zero-order valence-electron chi connectivity index (χ0n) is 40.7. The van der Waals surface area contributed by atoms with Crippen molar-refractivity contribution in [3.8, 4) is 5.75 Å². The highest BCUT2D eigenvalue weighted by atomic mass is 16.5. The number of carbonyl (C=O) groups is 9. The number of carboxylic acids is 1. The number of phenolic OH excluding ortho intramolecular Hbond substituents is 1. The van der Waals surface area contributed by atoms with E-state index in [0.717, 1.165) is 9.80 Å². The fraction of sp³-hybridized carbons (Fsp3) is 0.542. The van der Waals surface area contributed by atoms with Crippen LogP contribution >= 0.6 is 0 Å². The number of aliphatic carboxylic acids is 1. The lowest BCUT2D eigenvalue weighted by Crippen LogP contribution is -2.65. The summed E-state index contributed by atoms with van der Waals surface area (Å²) in [6.45, 7) is 6.29. The van der Waals surface area contributed by atoms with Crippen LogP contribution < -0.4 is 38.1 Å². The van der Waals surface area contributed by atoms with E-state index in [1.54, 1.807) is 51.1 Å². The number of piperidine rings is 1. The smallest absolute Gasteiger partial charge is 0.329 e. The van der Waals surface area contributed by atoms with Crippen LogP contribution in [0.4, 0.5) is 0 Å². The maximum atomic E-state index is 15.1. The Morgan fingerprint density at radius 3 is 2.14 bits per heavy atom. The predicted molar refractivity (Wildman–Crippen MR) is 256 cm³/mol. The molecule has 0 aromatic heterocycles. The van der Waals surface area contributed by atoms with E-state index in [-0.39, 0.29) is 69.6 Å². The minimum atomic E-state index is -1.89. The Kier molecular flexibility index (Phi) is 21.1. The van der Waals surface area contributed by atoms with Crippen LogP contribution in [0.5, 0.6) is 5.75 Å². The SMILES string of the molecule is CCCC(=O)N[C@@H](CC(=O)O)C(=O)NC1C(=O)N[C@@H](CCCN=C(N)N)C(=O)N[C@H]2CC[C@@H](O)N(C2=O)[C@@H](Cc2ccccc2)C(=O)N(C)[C@@H](Cc2ccc(O)cc2)C(=O)N[C@@H]([C@@H](C)CC)C(=O)O[C@@H]1C. The highest BCUT2D eigenvalue weighted by molar-refractivity contribution is 5.99. The number of fused-ring (bicyclic) bond motifs is 2. The number of hydrogen-bond donors (Lipinski definition) is 10. The number of nitrogens with two attached hydrogens (primary N) is 2. The lowest BCUT2D eigenvalue weighted by molar-refractivity contribution is -0.165. The summed E-state index contributed by atoms with van der Waals surface area (Å²) >= 11 is 0. The van der Waals surface area contributed by atoms with E-state index in [2.05, 4.69) is 31.6 Å². The summed E-state index contributed by atoms with van der Waals surface area (Å²) in [5, 5.41) is 44.0. The van der Waals surface area contributed by atoms with Gasteiger partial charge in [-0.25, -0.2) is 4.79 Å². The number of aliphatic hydroxyl groups excluding tert-OH is 1. The minimum absolute atomic E-state index is 0.0138. The van der Waals surface area contributed by atoms with Crippen molar-refractivity contribution in [3.05, 3.63) is 65.7 Å². The molecule has 2 aliphatic heterocycles. The van der Waals surface area contributed by atoms with Crippen LogP contribution in [-0.2, 0) is 60.7 Å². The van der Waals surface area contributed by atoms with Gasteiger partial charge in [0.2, 0.25) is 41.4 Å². The van der Waals surface area contributed by atoms with Crippen LogP contribution in [0, 0.1) is 5.92 Å².